The van der Waals surface area contributed by atoms with Gasteiger partial charge >= 0.3 is 5.97 Å². The summed E-state index contributed by atoms with van der Waals surface area (Å²) in [4.78, 5) is 11.4. The van der Waals surface area contributed by atoms with E-state index in [9.17, 15) is 4.79 Å². The number of ether oxygens (including phenoxy) is 1. The second kappa shape index (κ2) is 4.45. The zero-order chi connectivity index (χ0) is 11.7. The molecule has 2 radical (unpaired) electrons. The lowest BCUT2D eigenvalue weighted by molar-refractivity contribution is 0.0601. The minimum atomic E-state index is -0.334. The van der Waals surface area contributed by atoms with Gasteiger partial charge in [-0.15, -0.1) is 0 Å². The third-order valence-corrected chi connectivity index (χ3v) is 3.37. The van der Waals surface area contributed by atoms with Crippen molar-refractivity contribution in [3.05, 3.63) is 39.5 Å². The summed E-state index contributed by atoms with van der Waals surface area (Å²) in [6.07, 6.45) is 0. The number of benzene rings is 2. The first-order chi connectivity index (χ1) is 7.63. The van der Waals surface area contributed by atoms with Crippen LogP contribution in [-0.2, 0) is 4.74 Å². The van der Waals surface area contributed by atoms with E-state index in [1.165, 1.54) is 7.11 Å². The van der Waals surface area contributed by atoms with Crippen LogP contribution in [0.1, 0.15) is 10.4 Å². The molecule has 0 saturated carbocycles. The number of carbonyl (C=O) groups excluding carboxylic acids is 1. The van der Waals surface area contributed by atoms with Crippen molar-refractivity contribution in [1.82, 2.24) is 0 Å². The molecule has 16 heavy (non-hydrogen) atoms. The summed E-state index contributed by atoms with van der Waals surface area (Å²) in [6.45, 7) is 0. The first-order valence-electron chi connectivity index (χ1n) is 4.69. The Balaban J connectivity index is 2.65. The molecule has 0 aromatic heterocycles. The topological polar surface area (TPSA) is 26.3 Å². The average molecular weight is 322 g/mol. The van der Waals surface area contributed by atoms with Gasteiger partial charge < -0.3 is 4.74 Å². The van der Waals surface area contributed by atoms with E-state index in [0.717, 1.165) is 19.8 Å². The van der Waals surface area contributed by atoms with Gasteiger partial charge in [0.1, 0.15) is 7.85 Å². The maximum atomic E-state index is 11.4. The molecule has 0 aliphatic heterocycles. The van der Waals surface area contributed by atoms with E-state index < -0.39 is 0 Å². The summed E-state index contributed by atoms with van der Waals surface area (Å²) in [5, 5.41) is 1.90. The largest absolute Gasteiger partial charge is 0.465 e. The molecule has 4 heteroatoms. The van der Waals surface area contributed by atoms with Crippen molar-refractivity contribution in [1.29, 1.82) is 0 Å². The van der Waals surface area contributed by atoms with Gasteiger partial charge in [-0.05, 0) is 51.6 Å². The molecule has 0 atom stereocenters. The van der Waals surface area contributed by atoms with Crippen molar-refractivity contribution < 1.29 is 9.53 Å². The quantitative estimate of drug-likeness (QED) is 0.456. The summed E-state index contributed by atoms with van der Waals surface area (Å²) >= 11 is 2.19. The fourth-order valence-electron chi connectivity index (χ4n) is 1.57. The second-order valence-electron chi connectivity index (χ2n) is 3.39. The maximum Gasteiger partial charge on any atom is 0.337 e. The molecular weight excluding hydrogens is 314 g/mol. The number of carbonyl (C=O) groups is 1. The molecule has 0 aliphatic rings. The molecule has 2 nitrogen and oxygen atoms in total. The van der Waals surface area contributed by atoms with Crippen LogP contribution < -0.4 is 5.46 Å². The number of esters is 1. The van der Waals surface area contributed by atoms with Crippen molar-refractivity contribution in [3.8, 4) is 0 Å². The standard InChI is InChI=1S/C12H8BIO2/c1-16-12(15)8-2-4-9-7(6-8)3-5-10(14)11(9)13/h2-6H,1H3. The van der Waals surface area contributed by atoms with Crippen LogP contribution in [0.3, 0.4) is 0 Å². The smallest absolute Gasteiger partial charge is 0.337 e. The van der Waals surface area contributed by atoms with E-state index in [1.807, 2.05) is 18.2 Å². The highest BCUT2D eigenvalue weighted by atomic mass is 127. The Morgan fingerprint density at radius 2 is 2.06 bits per heavy atom. The van der Waals surface area contributed by atoms with Crippen LogP contribution in [0, 0.1) is 3.57 Å². The van der Waals surface area contributed by atoms with Gasteiger partial charge in [0.05, 0.1) is 12.7 Å². The molecule has 0 amide bonds. The molecule has 0 N–H and O–H groups in total. The Morgan fingerprint density at radius 3 is 2.75 bits per heavy atom. The summed E-state index contributed by atoms with van der Waals surface area (Å²) in [5.74, 6) is -0.334. The molecule has 78 valence electrons. The first kappa shape index (κ1) is 11.5. The normalized spacial score (nSPS) is 10.4. The van der Waals surface area contributed by atoms with Crippen LogP contribution in [-0.4, -0.2) is 20.9 Å². The van der Waals surface area contributed by atoms with Gasteiger partial charge in [-0.2, -0.15) is 0 Å². The molecule has 0 saturated heterocycles. The molecule has 2 rings (SSSR count). The highest BCUT2D eigenvalue weighted by Crippen LogP contribution is 2.17. The molecule has 0 heterocycles. The Morgan fingerprint density at radius 1 is 1.31 bits per heavy atom. The van der Waals surface area contributed by atoms with Gasteiger partial charge in [0.25, 0.3) is 0 Å². The summed E-state index contributed by atoms with van der Waals surface area (Å²) in [7, 11) is 7.32. The van der Waals surface area contributed by atoms with Crippen molar-refractivity contribution >= 4 is 52.6 Å². The van der Waals surface area contributed by atoms with E-state index in [2.05, 4.69) is 27.3 Å². The number of hydrogen-bond donors (Lipinski definition) is 0. The van der Waals surface area contributed by atoms with Crippen LogP contribution in [0.4, 0.5) is 0 Å². The van der Waals surface area contributed by atoms with Gasteiger partial charge in [0, 0.05) is 3.57 Å². The number of rotatable bonds is 1. The lowest BCUT2D eigenvalue weighted by atomic mass is 9.89. The van der Waals surface area contributed by atoms with E-state index >= 15 is 0 Å². The monoisotopic (exact) mass is 322 g/mol. The van der Waals surface area contributed by atoms with Crippen LogP contribution in [0.15, 0.2) is 30.3 Å². The van der Waals surface area contributed by atoms with E-state index in [-0.39, 0.29) is 5.97 Å². The molecule has 2 aromatic carbocycles. The Hall–Kier alpha value is -1.04. The molecule has 0 unspecified atom stereocenters. The Bertz CT molecular complexity index is 566. The van der Waals surface area contributed by atoms with Gasteiger partial charge in [-0.1, -0.05) is 17.6 Å². The van der Waals surface area contributed by atoms with E-state index in [0.29, 0.717) is 5.56 Å². The number of halogens is 1. The van der Waals surface area contributed by atoms with Gasteiger partial charge in [-0.3, -0.25) is 0 Å². The van der Waals surface area contributed by atoms with Crippen LogP contribution in [0.25, 0.3) is 10.8 Å². The van der Waals surface area contributed by atoms with Gasteiger partial charge in [0.15, 0.2) is 0 Å². The van der Waals surface area contributed by atoms with Crippen LogP contribution >= 0.6 is 22.6 Å². The lowest BCUT2D eigenvalue weighted by Gasteiger charge is -2.06. The van der Waals surface area contributed by atoms with E-state index in [1.54, 1.807) is 12.1 Å². The molecular formula is C12H8BIO2. The zero-order valence-electron chi connectivity index (χ0n) is 8.66. The number of methoxy groups -OCH3 is 1. The zero-order valence-corrected chi connectivity index (χ0v) is 10.8. The highest BCUT2D eigenvalue weighted by Gasteiger charge is 2.07. The summed E-state index contributed by atoms with van der Waals surface area (Å²) < 4.78 is 5.68. The summed E-state index contributed by atoms with van der Waals surface area (Å²) in [6, 6.07) is 9.23. The van der Waals surface area contributed by atoms with Crippen LogP contribution in [0.2, 0.25) is 0 Å². The fourth-order valence-corrected chi connectivity index (χ4v) is 2.04. The molecule has 0 spiro atoms. The minimum absolute atomic E-state index is 0.334. The van der Waals surface area contributed by atoms with Gasteiger partial charge in [0.2, 0.25) is 0 Å². The molecule has 0 fully saturated rings. The van der Waals surface area contributed by atoms with Crippen molar-refractivity contribution in [2.24, 2.45) is 0 Å². The Labute approximate surface area is 109 Å². The fraction of sp³-hybridized carbons (Fsp3) is 0.0833. The van der Waals surface area contributed by atoms with Crippen molar-refractivity contribution in [2.45, 2.75) is 0 Å². The SMILES string of the molecule is [B]c1c(I)ccc2cc(C(=O)OC)ccc12. The van der Waals surface area contributed by atoms with Crippen LogP contribution in [0.5, 0.6) is 0 Å². The maximum absolute atomic E-state index is 11.4. The molecule has 2 aromatic rings. The first-order valence-corrected chi connectivity index (χ1v) is 5.77. The second-order valence-corrected chi connectivity index (χ2v) is 4.55. The predicted octanol–water partition coefficient (Wildman–Crippen LogP) is 2.02. The number of fused-ring (bicyclic) bond motifs is 1. The minimum Gasteiger partial charge on any atom is -0.465 e. The van der Waals surface area contributed by atoms with Crippen molar-refractivity contribution in [3.63, 3.8) is 0 Å². The lowest BCUT2D eigenvalue weighted by Crippen LogP contribution is -2.09. The van der Waals surface area contributed by atoms with Crippen molar-refractivity contribution in [2.75, 3.05) is 7.11 Å². The third kappa shape index (κ3) is 1.94. The third-order valence-electron chi connectivity index (χ3n) is 2.43. The highest BCUT2D eigenvalue weighted by molar-refractivity contribution is 14.1. The number of hydrogen-bond acceptors (Lipinski definition) is 2. The van der Waals surface area contributed by atoms with E-state index in [4.69, 9.17) is 7.85 Å². The summed E-state index contributed by atoms with van der Waals surface area (Å²) in [5.41, 5.74) is 1.28. The van der Waals surface area contributed by atoms with Gasteiger partial charge in [-0.25, -0.2) is 4.79 Å². The predicted molar refractivity (Wildman–Crippen MR) is 73.4 cm³/mol. The average Bonchev–Trinajstić information content (AvgIpc) is 2.32. The molecule has 0 aliphatic carbocycles. The Kier molecular flexibility index (Phi) is 3.19. The molecule has 0 bridgehead atoms.